The second kappa shape index (κ2) is 11.9. The number of hydrogen-bond acceptors (Lipinski definition) is 4. The molecule has 0 bridgehead atoms. The van der Waals surface area contributed by atoms with Gasteiger partial charge in [-0.1, -0.05) is 51.8 Å². The first-order valence-electron chi connectivity index (χ1n) is 12.0. The number of urea groups is 1. The first-order chi connectivity index (χ1) is 17.1. The maximum absolute atomic E-state index is 13.1. The zero-order valence-corrected chi connectivity index (χ0v) is 22.2. The van der Waals surface area contributed by atoms with Gasteiger partial charge in [0.1, 0.15) is 18.1 Å². The second-order valence-electron chi connectivity index (χ2n) is 9.54. The van der Waals surface area contributed by atoms with Crippen LogP contribution in [0.15, 0.2) is 54.6 Å². The molecule has 8 nitrogen and oxygen atoms in total. The summed E-state index contributed by atoms with van der Waals surface area (Å²) in [5.74, 6) is 0.842. The van der Waals surface area contributed by atoms with Crippen LogP contribution in [0.4, 0.5) is 16.3 Å². The maximum atomic E-state index is 13.1. The highest BCUT2D eigenvalue weighted by Gasteiger charge is 2.23. The molecule has 0 spiro atoms. The Kier molecular flexibility index (Phi) is 8.98. The van der Waals surface area contributed by atoms with Crippen molar-refractivity contribution in [3.05, 3.63) is 65.3 Å². The molecule has 0 saturated carbocycles. The molecule has 1 aromatic heterocycles. The van der Waals surface area contributed by atoms with Crippen molar-refractivity contribution in [1.29, 1.82) is 0 Å². The summed E-state index contributed by atoms with van der Waals surface area (Å²) in [4.78, 5) is 27.7. The Balaban J connectivity index is 1.79. The standard InChI is InChI=1S/C27H34ClN5O3/c1-6-7-15-32(26(35)29-20-9-8-10-22(16-20)36-5)18-25(34)30-24-17-23(27(2,3)4)31-33(24)21-13-11-19(28)12-14-21/h8-14,16-17H,6-7,15,18H2,1-5H3,(H,29,35)(H,30,34). The molecule has 192 valence electrons. The van der Waals surface area contributed by atoms with Gasteiger partial charge in [-0.2, -0.15) is 5.10 Å². The molecule has 0 saturated heterocycles. The number of carbonyl (C=O) groups is 2. The lowest BCUT2D eigenvalue weighted by Gasteiger charge is -2.22. The minimum Gasteiger partial charge on any atom is -0.497 e. The van der Waals surface area contributed by atoms with Crippen molar-refractivity contribution in [2.45, 2.75) is 46.0 Å². The van der Waals surface area contributed by atoms with E-state index in [-0.39, 0.29) is 23.9 Å². The normalized spacial score (nSPS) is 11.2. The summed E-state index contributed by atoms with van der Waals surface area (Å²) >= 11 is 6.05. The van der Waals surface area contributed by atoms with Gasteiger partial charge in [0.2, 0.25) is 5.91 Å². The fourth-order valence-electron chi connectivity index (χ4n) is 3.48. The molecule has 9 heteroatoms. The van der Waals surface area contributed by atoms with Gasteiger partial charge in [-0.15, -0.1) is 0 Å². The van der Waals surface area contributed by atoms with Crippen molar-refractivity contribution >= 4 is 35.0 Å². The summed E-state index contributed by atoms with van der Waals surface area (Å²) in [6, 6.07) is 15.8. The van der Waals surface area contributed by atoms with Gasteiger partial charge in [-0.3, -0.25) is 4.79 Å². The van der Waals surface area contributed by atoms with Gasteiger partial charge in [-0.25, -0.2) is 9.48 Å². The first kappa shape index (κ1) is 27.1. The third-order valence-electron chi connectivity index (χ3n) is 5.54. The highest BCUT2D eigenvalue weighted by atomic mass is 35.5. The Morgan fingerprint density at radius 2 is 1.81 bits per heavy atom. The van der Waals surface area contributed by atoms with E-state index in [2.05, 4.69) is 31.4 Å². The monoisotopic (exact) mass is 511 g/mol. The van der Waals surface area contributed by atoms with Gasteiger partial charge in [0.05, 0.1) is 18.5 Å². The smallest absolute Gasteiger partial charge is 0.322 e. The summed E-state index contributed by atoms with van der Waals surface area (Å²) < 4.78 is 6.91. The molecule has 0 aliphatic heterocycles. The number of unbranched alkanes of at least 4 members (excludes halogenated alkanes) is 1. The van der Waals surface area contributed by atoms with Crippen molar-refractivity contribution in [2.75, 3.05) is 30.8 Å². The average molecular weight is 512 g/mol. The lowest BCUT2D eigenvalue weighted by molar-refractivity contribution is -0.116. The maximum Gasteiger partial charge on any atom is 0.322 e. The van der Waals surface area contributed by atoms with Gasteiger partial charge in [0, 0.05) is 34.8 Å². The molecular weight excluding hydrogens is 478 g/mol. The lowest BCUT2D eigenvalue weighted by atomic mass is 9.92. The van der Waals surface area contributed by atoms with Gasteiger partial charge < -0.3 is 20.3 Å². The molecule has 3 amide bonds. The van der Waals surface area contributed by atoms with Crippen LogP contribution >= 0.6 is 11.6 Å². The van der Waals surface area contributed by atoms with Crippen LogP contribution in [0.25, 0.3) is 5.69 Å². The predicted molar refractivity (Wildman–Crippen MR) is 144 cm³/mol. The largest absolute Gasteiger partial charge is 0.497 e. The zero-order valence-electron chi connectivity index (χ0n) is 21.5. The Bertz CT molecular complexity index is 1180. The first-order valence-corrected chi connectivity index (χ1v) is 12.3. The van der Waals surface area contributed by atoms with Crippen molar-refractivity contribution < 1.29 is 14.3 Å². The molecular formula is C27H34ClN5O3. The Morgan fingerprint density at radius 1 is 1.08 bits per heavy atom. The number of amides is 3. The van der Waals surface area contributed by atoms with E-state index in [0.717, 1.165) is 24.2 Å². The molecule has 0 unspecified atom stereocenters. The number of benzene rings is 2. The van der Waals surface area contributed by atoms with Crippen molar-refractivity contribution in [3.63, 3.8) is 0 Å². The van der Waals surface area contributed by atoms with Gasteiger partial charge >= 0.3 is 6.03 Å². The van der Waals surface area contributed by atoms with E-state index in [1.165, 1.54) is 4.90 Å². The van der Waals surface area contributed by atoms with Crippen LogP contribution in [0.2, 0.25) is 5.02 Å². The van der Waals surface area contributed by atoms with Gasteiger partial charge in [0.15, 0.2) is 0 Å². The SMILES string of the molecule is CCCCN(CC(=O)Nc1cc(C(C)(C)C)nn1-c1ccc(Cl)cc1)C(=O)Nc1cccc(OC)c1. The molecule has 3 rings (SSSR count). The number of halogens is 1. The molecule has 2 N–H and O–H groups in total. The van der Waals surface area contributed by atoms with Crippen molar-refractivity contribution in [2.24, 2.45) is 0 Å². The highest BCUT2D eigenvalue weighted by Crippen LogP contribution is 2.27. The number of hydrogen-bond donors (Lipinski definition) is 2. The number of nitrogens with zero attached hydrogens (tertiary/aromatic N) is 3. The average Bonchev–Trinajstić information content (AvgIpc) is 3.26. The second-order valence-corrected chi connectivity index (χ2v) is 9.97. The van der Waals surface area contributed by atoms with Crippen LogP contribution < -0.4 is 15.4 Å². The van der Waals surface area contributed by atoms with Crippen LogP contribution in [0.1, 0.15) is 46.2 Å². The predicted octanol–water partition coefficient (Wildman–Crippen LogP) is 6.10. The van der Waals surface area contributed by atoms with E-state index >= 15 is 0 Å². The van der Waals surface area contributed by atoms with Crippen molar-refractivity contribution in [3.8, 4) is 11.4 Å². The van der Waals surface area contributed by atoms with Crippen LogP contribution in [0, 0.1) is 0 Å². The number of rotatable bonds is 9. The summed E-state index contributed by atoms with van der Waals surface area (Å²) in [6.45, 7) is 8.56. The van der Waals surface area contributed by atoms with Crippen molar-refractivity contribution in [1.82, 2.24) is 14.7 Å². The van der Waals surface area contributed by atoms with E-state index in [1.54, 1.807) is 48.2 Å². The molecule has 3 aromatic rings. The number of nitrogens with one attached hydrogen (secondary N) is 2. The topological polar surface area (TPSA) is 88.5 Å². The molecule has 2 aromatic carbocycles. The number of methoxy groups -OCH3 is 1. The third-order valence-corrected chi connectivity index (χ3v) is 5.79. The number of aromatic nitrogens is 2. The molecule has 1 heterocycles. The molecule has 36 heavy (non-hydrogen) atoms. The van der Waals surface area contributed by atoms with E-state index < -0.39 is 0 Å². The molecule has 0 radical (unpaired) electrons. The van der Waals surface area contributed by atoms with Gasteiger partial charge in [0.25, 0.3) is 0 Å². The lowest BCUT2D eigenvalue weighted by Crippen LogP contribution is -2.41. The minimum atomic E-state index is -0.353. The minimum absolute atomic E-state index is 0.105. The van der Waals surface area contributed by atoms with Crippen LogP contribution in [-0.2, 0) is 10.2 Å². The van der Waals surface area contributed by atoms with Crippen LogP contribution in [0.5, 0.6) is 5.75 Å². The Labute approximate surface area is 217 Å². The molecule has 0 aliphatic carbocycles. The Morgan fingerprint density at radius 3 is 2.44 bits per heavy atom. The van der Waals surface area contributed by atoms with E-state index in [4.69, 9.17) is 21.4 Å². The number of carbonyl (C=O) groups excluding carboxylic acids is 2. The summed E-state index contributed by atoms with van der Waals surface area (Å²) in [5.41, 5.74) is 1.97. The van der Waals surface area contributed by atoms with Crippen LogP contribution in [0.3, 0.4) is 0 Å². The molecule has 0 atom stereocenters. The van der Waals surface area contributed by atoms with Gasteiger partial charge in [-0.05, 0) is 42.8 Å². The third kappa shape index (κ3) is 7.24. The van der Waals surface area contributed by atoms with E-state index in [0.29, 0.717) is 28.8 Å². The number of anilines is 2. The van der Waals surface area contributed by atoms with E-state index in [1.807, 2.05) is 25.1 Å². The molecule has 0 aliphatic rings. The highest BCUT2D eigenvalue weighted by molar-refractivity contribution is 6.30. The Hall–Kier alpha value is -3.52. The van der Waals surface area contributed by atoms with Crippen LogP contribution in [-0.4, -0.2) is 46.8 Å². The summed E-state index contributed by atoms with van der Waals surface area (Å²) in [6.07, 6.45) is 1.67. The summed E-state index contributed by atoms with van der Waals surface area (Å²) in [5, 5.41) is 11.1. The zero-order chi connectivity index (χ0) is 26.3. The fourth-order valence-corrected chi connectivity index (χ4v) is 3.60. The summed E-state index contributed by atoms with van der Waals surface area (Å²) in [7, 11) is 1.57. The number of ether oxygens (including phenoxy) is 1. The van der Waals surface area contributed by atoms with E-state index in [9.17, 15) is 9.59 Å². The molecule has 0 fully saturated rings. The quantitative estimate of drug-likeness (QED) is 0.363. The fraction of sp³-hybridized carbons (Fsp3) is 0.370.